The molecule has 0 unspecified atom stereocenters. The third-order valence-corrected chi connectivity index (χ3v) is 5.24. The predicted molar refractivity (Wildman–Crippen MR) is 105 cm³/mol. The van der Waals surface area contributed by atoms with Crippen LogP contribution in [-0.2, 0) is 20.7 Å². The molecule has 3 rings (SSSR count). The van der Waals surface area contributed by atoms with E-state index in [0.717, 1.165) is 15.6 Å². The van der Waals surface area contributed by atoms with Crippen LogP contribution < -0.4 is 0 Å². The van der Waals surface area contributed by atoms with Gasteiger partial charge in [0.05, 0.1) is 17.5 Å². The fourth-order valence-electron chi connectivity index (χ4n) is 3.32. The highest BCUT2D eigenvalue weighted by atomic mass is 79.9. The van der Waals surface area contributed by atoms with Crippen molar-refractivity contribution in [3.8, 4) is 11.4 Å². The van der Waals surface area contributed by atoms with Gasteiger partial charge in [0.2, 0.25) is 5.91 Å². The van der Waals surface area contributed by atoms with Crippen LogP contribution in [0.2, 0.25) is 0 Å². The Labute approximate surface area is 167 Å². The maximum absolute atomic E-state index is 12.7. The molecule has 1 saturated heterocycles. The van der Waals surface area contributed by atoms with E-state index >= 15 is 0 Å². The lowest BCUT2D eigenvalue weighted by atomic mass is 9.98. The molecule has 6 nitrogen and oxygen atoms in total. The molecule has 0 bridgehead atoms. The fraction of sp³-hybridized carbons (Fsp3) is 0.400. The van der Waals surface area contributed by atoms with Gasteiger partial charge in [0.15, 0.2) is 5.82 Å². The summed E-state index contributed by atoms with van der Waals surface area (Å²) in [5.41, 5.74) is 2.02. The van der Waals surface area contributed by atoms with Crippen LogP contribution in [0.15, 0.2) is 41.1 Å². The summed E-state index contributed by atoms with van der Waals surface area (Å²) in [5.74, 6) is 0.178. The average molecular weight is 432 g/mol. The van der Waals surface area contributed by atoms with Gasteiger partial charge in [-0.05, 0) is 34.3 Å². The Bertz CT molecular complexity index is 808. The van der Waals surface area contributed by atoms with Gasteiger partial charge in [-0.15, -0.1) is 0 Å². The second-order valence-electron chi connectivity index (χ2n) is 6.82. The van der Waals surface area contributed by atoms with E-state index in [4.69, 9.17) is 4.74 Å². The van der Waals surface area contributed by atoms with Crippen LogP contribution >= 0.6 is 15.9 Å². The van der Waals surface area contributed by atoms with E-state index < -0.39 is 0 Å². The molecule has 0 aliphatic carbocycles. The average Bonchev–Trinajstić information content (AvgIpc) is 3.18. The summed E-state index contributed by atoms with van der Waals surface area (Å²) in [5, 5.41) is 0. The highest BCUT2D eigenvalue weighted by Crippen LogP contribution is 2.22. The van der Waals surface area contributed by atoms with Crippen LogP contribution in [0, 0.1) is 11.8 Å². The van der Waals surface area contributed by atoms with Gasteiger partial charge in [-0.3, -0.25) is 9.59 Å². The molecule has 2 heterocycles. The number of nitrogens with zero attached hydrogens (tertiary/aromatic N) is 3. The van der Waals surface area contributed by atoms with Crippen molar-refractivity contribution in [1.29, 1.82) is 0 Å². The van der Waals surface area contributed by atoms with Gasteiger partial charge < -0.3 is 9.64 Å². The largest absolute Gasteiger partial charge is 0.469 e. The first-order chi connectivity index (χ1) is 13.0. The van der Waals surface area contributed by atoms with Crippen LogP contribution in [0.1, 0.15) is 18.9 Å². The zero-order valence-electron chi connectivity index (χ0n) is 15.4. The molecule has 7 heteroatoms. The third kappa shape index (κ3) is 4.71. The molecule has 0 radical (unpaired) electrons. The summed E-state index contributed by atoms with van der Waals surface area (Å²) in [6.45, 7) is 3.00. The lowest BCUT2D eigenvalue weighted by Crippen LogP contribution is -2.35. The molecule has 0 spiro atoms. The van der Waals surface area contributed by atoms with Crippen molar-refractivity contribution in [3.63, 3.8) is 0 Å². The van der Waals surface area contributed by atoms with Crippen molar-refractivity contribution in [3.05, 3.63) is 46.7 Å². The van der Waals surface area contributed by atoms with Crippen molar-refractivity contribution in [2.75, 3.05) is 20.2 Å². The quantitative estimate of drug-likeness (QED) is 0.679. The van der Waals surface area contributed by atoms with Crippen molar-refractivity contribution >= 4 is 27.8 Å². The van der Waals surface area contributed by atoms with Gasteiger partial charge in [-0.25, -0.2) is 9.97 Å². The molecule has 2 aromatic rings. The number of aromatic nitrogens is 2. The van der Waals surface area contributed by atoms with Gasteiger partial charge in [-0.1, -0.05) is 31.2 Å². The first-order valence-electron chi connectivity index (χ1n) is 8.91. The second kappa shape index (κ2) is 8.61. The highest BCUT2D eigenvalue weighted by Gasteiger charge is 2.33. The molecule has 27 heavy (non-hydrogen) atoms. The van der Waals surface area contributed by atoms with Crippen molar-refractivity contribution < 1.29 is 14.3 Å². The number of halogens is 1. The van der Waals surface area contributed by atoms with E-state index in [0.29, 0.717) is 31.8 Å². The number of rotatable bonds is 5. The lowest BCUT2D eigenvalue weighted by Gasteiger charge is -2.21. The van der Waals surface area contributed by atoms with E-state index in [1.54, 1.807) is 17.3 Å². The van der Waals surface area contributed by atoms with Gasteiger partial charge in [0.25, 0.3) is 0 Å². The number of carbonyl (C=O) groups is 2. The van der Waals surface area contributed by atoms with Crippen LogP contribution in [0.3, 0.4) is 0 Å². The van der Waals surface area contributed by atoms with Crippen LogP contribution in [-0.4, -0.2) is 46.9 Å². The molecule has 1 aliphatic rings. The smallest absolute Gasteiger partial charge is 0.310 e. The van der Waals surface area contributed by atoms with Gasteiger partial charge in [0, 0.05) is 37.0 Å². The molecule has 1 aliphatic heterocycles. The number of ether oxygens (including phenoxy) is 1. The topological polar surface area (TPSA) is 72.4 Å². The highest BCUT2D eigenvalue weighted by molar-refractivity contribution is 9.10. The first-order valence-corrected chi connectivity index (χ1v) is 9.70. The number of hydrogen-bond acceptors (Lipinski definition) is 5. The van der Waals surface area contributed by atoms with E-state index in [-0.39, 0.29) is 23.7 Å². The van der Waals surface area contributed by atoms with Crippen LogP contribution in [0.25, 0.3) is 11.4 Å². The zero-order chi connectivity index (χ0) is 19.4. The minimum absolute atomic E-state index is 0.0849. The summed E-state index contributed by atoms with van der Waals surface area (Å²) >= 11 is 3.33. The SMILES string of the molecule is COC(=O)[C@H]1CCN(C(=O)[C@@H](C)Cc2ccc(-c3ncc(Br)cn3)cc2)C1. The molecule has 1 aromatic carbocycles. The van der Waals surface area contributed by atoms with E-state index in [2.05, 4.69) is 25.9 Å². The number of esters is 1. The molecule has 0 saturated carbocycles. The summed E-state index contributed by atoms with van der Waals surface area (Å²) in [7, 11) is 1.39. The maximum Gasteiger partial charge on any atom is 0.310 e. The Morgan fingerprint density at radius 3 is 2.56 bits per heavy atom. The van der Waals surface area contributed by atoms with E-state index in [1.165, 1.54) is 7.11 Å². The number of carbonyl (C=O) groups excluding carboxylic acids is 2. The molecule has 0 N–H and O–H groups in total. The maximum atomic E-state index is 12.7. The summed E-state index contributed by atoms with van der Waals surface area (Å²) in [6.07, 6.45) is 4.76. The molecular weight excluding hydrogens is 410 g/mol. The van der Waals surface area contributed by atoms with Gasteiger partial charge in [0.1, 0.15) is 0 Å². The Hall–Kier alpha value is -2.28. The number of methoxy groups -OCH3 is 1. The normalized spacial score (nSPS) is 17.6. The van der Waals surface area contributed by atoms with Gasteiger partial charge in [-0.2, -0.15) is 0 Å². The Morgan fingerprint density at radius 1 is 1.26 bits per heavy atom. The second-order valence-corrected chi connectivity index (χ2v) is 7.74. The number of likely N-dealkylation sites (tertiary alicyclic amines) is 1. The van der Waals surface area contributed by atoms with E-state index in [1.807, 2.05) is 31.2 Å². The zero-order valence-corrected chi connectivity index (χ0v) is 17.0. The molecule has 1 amide bonds. The summed E-state index contributed by atoms with van der Waals surface area (Å²) in [4.78, 5) is 34.7. The number of benzene rings is 1. The van der Waals surface area contributed by atoms with Crippen molar-refractivity contribution in [2.45, 2.75) is 19.8 Å². The van der Waals surface area contributed by atoms with Gasteiger partial charge >= 0.3 is 5.97 Å². The van der Waals surface area contributed by atoms with Crippen molar-refractivity contribution in [2.24, 2.45) is 11.8 Å². The minimum Gasteiger partial charge on any atom is -0.469 e. The monoisotopic (exact) mass is 431 g/mol. The Balaban J connectivity index is 1.59. The Morgan fingerprint density at radius 2 is 1.93 bits per heavy atom. The Kier molecular flexibility index (Phi) is 6.21. The van der Waals surface area contributed by atoms with Crippen molar-refractivity contribution in [1.82, 2.24) is 14.9 Å². The predicted octanol–water partition coefficient (Wildman–Crippen LogP) is 3.11. The molecule has 1 fully saturated rings. The molecule has 2 atom stereocenters. The van der Waals surface area contributed by atoms with Crippen LogP contribution in [0.4, 0.5) is 0 Å². The number of amides is 1. The van der Waals surface area contributed by atoms with E-state index in [9.17, 15) is 9.59 Å². The molecular formula is C20H22BrN3O3. The fourth-order valence-corrected chi connectivity index (χ4v) is 3.53. The number of hydrogen-bond donors (Lipinski definition) is 0. The first kappa shape index (κ1) is 19.5. The summed E-state index contributed by atoms with van der Waals surface area (Å²) < 4.78 is 5.62. The molecule has 142 valence electrons. The third-order valence-electron chi connectivity index (χ3n) is 4.83. The summed E-state index contributed by atoms with van der Waals surface area (Å²) in [6, 6.07) is 7.95. The molecule has 1 aromatic heterocycles. The minimum atomic E-state index is -0.233. The van der Waals surface area contributed by atoms with Crippen LogP contribution in [0.5, 0.6) is 0 Å². The lowest BCUT2D eigenvalue weighted by molar-refractivity contribution is -0.145. The standard InChI is InChI=1S/C20H22BrN3O3/c1-13(19(25)24-8-7-16(12-24)20(26)27-2)9-14-3-5-15(6-4-14)18-22-10-17(21)11-23-18/h3-6,10-11,13,16H,7-9,12H2,1-2H3/t13-,16-/m0/s1.